The first-order valence-electron chi connectivity index (χ1n) is 4.81. The van der Waals surface area contributed by atoms with Crippen molar-refractivity contribution in [1.82, 2.24) is 0 Å². The Morgan fingerprint density at radius 1 is 1.24 bits per heavy atom. The van der Waals surface area contributed by atoms with Crippen molar-refractivity contribution in [2.75, 3.05) is 7.11 Å². The molecule has 3 nitrogen and oxygen atoms in total. The summed E-state index contributed by atoms with van der Waals surface area (Å²) in [7, 11) is 0.971. The average Bonchev–Trinajstić information content (AvgIpc) is 2.23. The lowest BCUT2D eigenvalue weighted by Gasteiger charge is -2.11. The van der Waals surface area contributed by atoms with Gasteiger partial charge in [-0.3, -0.25) is 0 Å². The molecule has 17 heavy (non-hydrogen) atoms. The van der Waals surface area contributed by atoms with Crippen molar-refractivity contribution < 1.29 is 27.4 Å². The topological polar surface area (TPSA) is 35.5 Å². The summed E-state index contributed by atoms with van der Waals surface area (Å²) >= 11 is 0. The van der Waals surface area contributed by atoms with Crippen molar-refractivity contribution in [3.8, 4) is 5.75 Å². The molecule has 6 heteroatoms. The van der Waals surface area contributed by atoms with Crippen LogP contribution in [0.4, 0.5) is 13.2 Å². The molecule has 1 rings (SSSR count). The van der Waals surface area contributed by atoms with Gasteiger partial charge in [-0.05, 0) is 19.9 Å². The summed E-state index contributed by atoms with van der Waals surface area (Å²) < 4.78 is 48.8. The van der Waals surface area contributed by atoms with Gasteiger partial charge in [0.25, 0.3) is 0 Å². The Kier molecular flexibility index (Phi) is 3.98. The van der Waals surface area contributed by atoms with E-state index in [1.54, 1.807) is 13.8 Å². The summed E-state index contributed by atoms with van der Waals surface area (Å²) in [5, 5.41) is 0. The third kappa shape index (κ3) is 2.69. The maximum absolute atomic E-state index is 13.6. The Hall–Kier alpha value is -1.72. The molecule has 0 saturated carbocycles. The third-order valence-electron chi connectivity index (χ3n) is 1.88. The second kappa shape index (κ2) is 5.07. The highest BCUT2D eigenvalue weighted by Gasteiger charge is 2.24. The van der Waals surface area contributed by atoms with Gasteiger partial charge in [0.2, 0.25) is 5.82 Å². The van der Waals surface area contributed by atoms with E-state index in [0.717, 1.165) is 7.11 Å². The Morgan fingerprint density at radius 2 is 1.82 bits per heavy atom. The Balaban J connectivity index is 3.26. The van der Waals surface area contributed by atoms with E-state index in [1.165, 1.54) is 0 Å². The molecule has 0 spiro atoms. The highest BCUT2D eigenvalue weighted by atomic mass is 19.2. The molecule has 0 bridgehead atoms. The zero-order valence-electron chi connectivity index (χ0n) is 9.51. The molecule has 0 fully saturated rings. The van der Waals surface area contributed by atoms with Crippen molar-refractivity contribution in [2.45, 2.75) is 20.0 Å². The van der Waals surface area contributed by atoms with Gasteiger partial charge in [-0.25, -0.2) is 13.6 Å². The maximum Gasteiger partial charge on any atom is 0.341 e. The largest absolute Gasteiger partial charge is 0.491 e. The fourth-order valence-electron chi connectivity index (χ4n) is 1.19. The molecular weight excluding hydrogens is 237 g/mol. The van der Waals surface area contributed by atoms with Crippen molar-refractivity contribution >= 4 is 5.97 Å². The predicted octanol–water partition coefficient (Wildman–Crippen LogP) is 2.68. The number of carbonyl (C=O) groups excluding carboxylic acids is 1. The van der Waals surface area contributed by atoms with Crippen LogP contribution in [0.1, 0.15) is 24.2 Å². The normalized spacial score (nSPS) is 10.5. The van der Waals surface area contributed by atoms with Gasteiger partial charge in [0, 0.05) is 0 Å². The number of methoxy groups -OCH3 is 1. The molecule has 0 amide bonds. The van der Waals surface area contributed by atoms with Crippen LogP contribution in [-0.2, 0) is 4.74 Å². The van der Waals surface area contributed by atoms with Crippen molar-refractivity contribution in [1.29, 1.82) is 0 Å². The van der Waals surface area contributed by atoms with E-state index in [2.05, 4.69) is 9.47 Å². The van der Waals surface area contributed by atoms with E-state index in [1.807, 2.05) is 0 Å². The summed E-state index contributed by atoms with van der Waals surface area (Å²) in [5.41, 5.74) is -0.700. The molecular formula is C11H11F3O3. The van der Waals surface area contributed by atoms with Gasteiger partial charge in [0.15, 0.2) is 17.4 Å². The van der Waals surface area contributed by atoms with Crippen LogP contribution in [0.5, 0.6) is 5.75 Å². The summed E-state index contributed by atoms with van der Waals surface area (Å²) in [6.45, 7) is 3.10. The zero-order valence-corrected chi connectivity index (χ0v) is 9.51. The summed E-state index contributed by atoms with van der Waals surface area (Å²) in [4.78, 5) is 11.4. The molecule has 0 aliphatic carbocycles. The standard InChI is InChI=1S/C11H11F3O3/c1-5(2)17-11(15)6-4-7(12)9(14)10(16-3)8(6)13/h4-5H,1-3H3. The zero-order chi connectivity index (χ0) is 13.2. The van der Waals surface area contributed by atoms with E-state index >= 15 is 0 Å². The lowest BCUT2D eigenvalue weighted by atomic mass is 10.2. The second-order valence-corrected chi connectivity index (χ2v) is 3.52. The van der Waals surface area contributed by atoms with Crippen LogP contribution in [0, 0.1) is 17.5 Å². The monoisotopic (exact) mass is 248 g/mol. The Labute approximate surface area is 96.1 Å². The van der Waals surface area contributed by atoms with Gasteiger partial charge < -0.3 is 9.47 Å². The number of hydrogen-bond donors (Lipinski definition) is 0. The first kappa shape index (κ1) is 13.3. The first-order chi connectivity index (χ1) is 7.88. The van der Waals surface area contributed by atoms with Crippen molar-refractivity contribution in [3.05, 3.63) is 29.1 Å². The third-order valence-corrected chi connectivity index (χ3v) is 1.88. The van der Waals surface area contributed by atoms with Crippen molar-refractivity contribution in [2.24, 2.45) is 0 Å². The van der Waals surface area contributed by atoms with E-state index in [0.29, 0.717) is 6.07 Å². The number of hydrogen-bond acceptors (Lipinski definition) is 3. The Morgan fingerprint density at radius 3 is 2.29 bits per heavy atom. The quantitative estimate of drug-likeness (QED) is 0.609. The van der Waals surface area contributed by atoms with Crippen LogP contribution in [0.3, 0.4) is 0 Å². The SMILES string of the molecule is COc1c(F)c(F)cc(C(=O)OC(C)C)c1F. The van der Waals surface area contributed by atoms with Crippen LogP contribution in [-0.4, -0.2) is 19.2 Å². The fraction of sp³-hybridized carbons (Fsp3) is 0.364. The molecule has 1 aromatic rings. The van der Waals surface area contributed by atoms with Crippen LogP contribution in [0.2, 0.25) is 0 Å². The van der Waals surface area contributed by atoms with Gasteiger partial charge in [0.05, 0.1) is 13.2 Å². The second-order valence-electron chi connectivity index (χ2n) is 3.52. The molecule has 94 valence electrons. The molecule has 0 atom stereocenters. The first-order valence-corrected chi connectivity index (χ1v) is 4.81. The van der Waals surface area contributed by atoms with Gasteiger partial charge in [-0.2, -0.15) is 4.39 Å². The number of benzene rings is 1. The van der Waals surface area contributed by atoms with Crippen molar-refractivity contribution in [3.63, 3.8) is 0 Å². The number of esters is 1. The lowest BCUT2D eigenvalue weighted by molar-refractivity contribution is 0.0370. The number of carbonyl (C=O) groups is 1. The smallest absolute Gasteiger partial charge is 0.341 e. The molecule has 0 unspecified atom stereocenters. The highest BCUT2D eigenvalue weighted by molar-refractivity contribution is 5.90. The fourth-order valence-corrected chi connectivity index (χ4v) is 1.19. The maximum atomic E-state index is 13.6. The minimum absolute atomic E-state index is 0.442. The summed E-state index contributed by atoms with van der Waals surface area (Å²) in [6.07, 6.45) is -0.499. The predicted molar refractivity (Wildman–Crippen MR) is 53.4 cm³/mol. The Bertz CT molecular complexity index is 444. The minimum atomic E-state index is -1.48. The van der Waals surface area contributed by atoms with E-state index in [9.17, 15) is 18.0 Å². The van der Waals surface area contributed by atoms with E-state index in [4.69, 9.17) is 0 Å². The molecule has 1 aromatic carbocycles. The molecule has 0 heterocycles. The molecule has 0 saturated heterocycles. The van der Waals surface area contributed by atoms with Crippen LogP contribution < -0.4 is 4.74 Å². The molecule has 0 radical (unpaired) electrons. The number of rotatable bonds is 3. The molecule has 0 aliphatic rings. The highest BCUT2D eigenvalue weighted by Crippen LogP contribution is 2.27. The summed E-state index contributed by atoms with van der Waals surface area (Å²) in [5.74, 6) is -6.16. The van der Waals surface area contributed by atoms with Crippen LogP contribution in [0.15, 0.2) is 6.07 Å². The van der Waals surface area contributed by atoms with Crippen LogP contribution >= 0.6 is 0 Å². The van der Waals surface area contributed by atoms with Gasteiger partial charge in [-0.1, -0.05) is 0 Å². The minimum Gasteiger partial charge on any atom is -0.491 e. The molecule has 0 N–H and O–H groups in total. The summed E-state index contributed by atoms with van der Waals surface area (Å²) in [6, 6.07) is 0.442. The van der Waals surface area contributed by atoms with Crippen LogP contribution in [0.25, 0.3) is 0 Å². The molecule has 0 aliphatic heterocycles. The van der Waals surface area contributed by atoms with Gasteiger partial charge in [-0.15, -0.1) is 0 Å². The van der Waals surface area contributed by atoms with E-state index in [-0.39, 0.29) is 0 Å². The number of ether oxygens (including phenoxy) is 2. The lowest BCUT2D eigenvalue weighted by Crippen LogP contribution is -2.14. The van der Waals surface area contributed by atoms with E-state index < -0.39 is 40.8 Å². The average molecular weight is 248 g/mol. The van der Waals surface area contributed by atoms with Gasteiger partial charge in [0.1, 0.15) is 5.56 Å². The molecule has 0 aromatic heterocycles. The number of halogens is 3. The van der Waals surface area contributed by atoms with Gasteiger partial charge >= 0.3 is 5.97 Å².